The number of nitrogens with zero attached hydrogens (tertiary/aromatic N) is 1. The third-order valence-corrected chi connectivity index (χ3v) is 5.83. The Labute approximate surface area is 201 Å². The van der Waals surface area contributed by atoms with Gasteiger partial charge in [0.05, 0.1) is 5.69 Å². The summed E-state index contributed by atoms with van der Waals surface area (Å²) in [6, 6.07) is 20.5. The number of ether oxygens (including phenoxy) is 3. The molecular weight excluding hydrogens is 450 g/mol. The maximum Gasteiger partial charge on any atom is 0.325 e. The Morgan fingerprint density at radius 3 is 2.51 bits per heavy atom. The number of amides is 4. The second-order valence-electron chi connectivity index (χ2n) is 8.26. The molecule has 2 aliphatic rings. The summed E-state index contributed by atoms with van der Waals surface area (Å²) in [6.07, 6.45) is 0. The number of hydrogen-bond donors (Lipinski definition) is 2. The quantitative estimate of drug-likeness (QED) is 0.530. The molecule has 1 saturated heterocycles. The van der Waals surface area contributed by atoms with E-state index < -0.39 is 29.9 Å². The van der Waals surface area contributed by atoms with E-state index in [1.54, 1.807) is 61.5 Å². The maximum absolute atomic E-state index is 13.3. The predicted molar refractivity (Wildman–Crippen MR) is 127 cm³/mol. The fourth-order valence-corrected chi connectivity index (χ4v) is 4.00. The molecule has 4 amide bonds. The van der Waals surface area contributed by atoms with Gasteiger partial charge in [0.15, 0.2) is 17.2 Å². The normalized spacial score (nSPS) is 18.7. The number of rotatable bonds is 6. The molecule has 5 rings (SSSR count). The molecule has 178 valence electrons. The van der Waals surface area contributed by atoms with Crippen molar-refractivity contribution in [2.75, 3.05) is 25.1 Å². The van der Waals surface area contributed by atoms with Crippen molar-refractivity contribution in [1.29, 1.82) is 0 Å². The number of imide groups is 1. The lowest BCUT2D eigenvalue weighted by Gasteiger charge is -2.25. The first-order valence-electron chi connectivity index (χ1n) is 11.1. The molecule has 9 heteroatoms. The number of carbonyl (C=O) groups is 3. The number of fused-ring (bicyclic) bond motifs is 1. The monoisotopic (exact) mass is 473 g/mol. The molecule has 2 aliphatic heterocycles. The van der Waals surface area contributed by atoms with Gasteiger partial charge in [0.1, 0.15) is 31.0 Å². The van der Waals surface area contributed by atoms with Crippen LogP contribution in [0.2, 0.25) is 0 Å². The second kappa shape index (κ2) is 9.02. The molecule has 0 radical (unpaired) electrons. The van der Waals surface area contributed by atoms with Gasteiger partial charge in [0.25, 0.3) is 5.91 Å². The smallest absolute Gasteiger partial charge is 0.325 e. The van der Waals surface area contributed by atoms with Gasteiger partial charge in [-0.3, -0.25) is 14.5 Å². The number of nitrogens with one attached hydrogen (secondary N) is 2. The van der Waals surface area contributed by atoms with E-state index >= 15 is 0 Å². The van der Waals surface area contributed by atoms with E-state index in [9.17, 15) is 14.4 Å². The van der Waals surface area contributed by atoms with Crippen LogP contribution in [0.3, 0.4) is 0 Å². The van der Waals surface area contributed by atoms with Crippen molar-refractivity contribution in [3.05, 3.63) is 78.4 Å². The summed E-state index contributed by atoms with van der Waals surface area (Å²) in [5.41, 5.74) is -0.394. The molecule has 0 spiro atoms. The molecule has 3 aromatic carbocycles. The van der Waals surface area contributed by atoms with Crippen LogP contribution >= 0.6 is 0 Å². The maximum atomic E-state index is 13.3. The lowest BCUT2D eigenvalue weighted by molar-refractivity contribution is -0.133. The average Bonchev–Trinajstić information content (AvgIpc) is 3.09. The van der Waals surface area contributed by atoms with Crippen molar-refractivity contribution >= 4 is 23.5 Å². The third kappa shape index (κ3) is 4.35. The summed E-state index contributed by atoms with van der Waals surface area (Å²) in [7, 11) is 0. The Hall–Kier alpha value is -4.53. The summed E-state index contributed by atoms with van der Waals surface area (Å²) in [5, 5.41) is 5.44. The van der Waals surface area contributed by atoms with Gasteiger partial charge in [-0.1, -0.05) is 36.4 Å². The number of hydrogen-bond acceptors (Lipinski definition) is 6. The molecule has 2 N–H and O–H groups in total. The van der Waals surface area contributed by atoms with Crippen LogP contribution in [-0.4, -0.2) is 42.5 Å². The number of para-hydroxylation sites is 3. The van der Waals surface area contributed by atoms with Gasteiger partial charge in [0, 0.05) is 0 Å². The van der Waals surface area contributed by atoms with Crippen LogP contribution in [0.1, 0.15) is 12.5 Å². The van der Waals surface area contributed by atoms with Crippen LogP contribution in [-0.2, 0) is 15.1 Å². The summed E-state index contributed by atoms with van der Waals surface area (Å²) in [4.78, 5) is 39.7. The largest absolute Gasteiger partial charge is 0.486 e. The molecule has 35 heavy (non-hydrogen) atoms. The third-order valence-electron chi connectivity index (χ3n) is 5.83. The minimum absolute atomic E-state index is 0.398. The average molecular weight is 473 g/mol. The minimum atomic E-state index is -1.35. The number of benzene rings is 3. The van der Waals surface area contributed by atoms with Gasteiger partial charge in [-0.05, 0) is 48.9 Å². The van der Waals surface area contributed by atoms with Crippen LogP contribution in [0.25, 0.3) is 0 Å². The van der Waals surface area contributed by atoms with Crippen molar-refractivity contribution in [3.8, 4) is 23.0 Å². The Morgan fingerprint density at radius 2 is 1.71 bits per heavy atom. The van der Waals surface area contributed by atoms with Gasteiger partial charge >= 0.3 is 6.03 Å². The Morgan fingerprint density at radius 1 is 1.00 bits per heavy atom. The summed E-state index contributed by atoms with van der Waals surface area (Å²) < 4.78 is 17.0. The molecule has 2 heterocycles. The highest BCUT2D eigenvalue weighted by Crippen LogP contribution is 2.37. The highest BCUT2D eigenvalue weighted by Gasteiger charge is 2.49. The van der Waals surface area contributed by atoms with Crippen LogP contribution < -0.4 is 24.8 Å². The van der Waals surface area contributed by atoms with Crippen LogP contribution in [0, 0.1) is 0 Å². The van der Waals surface area contributed by atoms with Crippen molar-refractivity contribution in [2.45, 2.75) is 12.5 Å². The van der Waals surface area contributed by atoms with Crippen molar-refractivity contribution < 1.29 is 28.6 Å². The predicted octanol–water partition coefficient (Wildman–Crippen LogP) is 3.66. The van der Waals surface area contributed by atoms with E-state index in [4.69, 9.17) is 14.2 Å². The first-order valence-corrected chi connectivity index (χ1v) is 11.1. The molecule has 0 aromatic heterocycles. The van der Waals surface area contributed by atoms with E-state index in [2.05, 4.69) is 10.6 Å². The fourth-order valence-electron chi connectivity index (χ4n) is 4.00. The minimum Gasteiger partial charge on any atom is -0.486 e. The summed E-state index contributed by atoms with van der Waals surface area (Å²) in [5.74, 6) is 1.05. The molecule has 3 aromatic rings. The topological polar surface area (TPSA) is 106 Å². The molecule has 0 aliphatic carbocycles. The van der Waals surface area contributed by atoms with Crippen molar-refractivity contribution in [2.24, 2.45) is 0 Å². The number of carbonyl (C=O) groups excluding carboxylic acids is 3. The highest BCUT2D eigenvalue weighted by molar-refractivity contribution is 6.10. The zero-order valence-corrected chi connectivity index (χ0v) is 18.9. The Balaban J connectivity index is 1.30. The standard InChI is InChI=1S/C26H23N3O6/c1-26(17-11-12-21-22(15-17)34-14-13-33-21)24(31)29(25(32)28-26)16-23(30)27-19-9-5-6-10-20(19)35-18-7-3-2-4-8-18/h2-12,15H,13-14,16H2,1H3,(H,27,30)(H,28,32)/t26-/m0/s1. The van der Waals surface area contributed by atoms with Gasteiger partial charge in [-0.2, -0.15) is 0 Å². The zero-order chi connectivity index (χ0) is 24.4. The Bertz CT molecular complexity index is 1300. The molecular formula is C26H23N3O6. The lowest BCUT2D eigenvalue weighted by Crippen LogP contribution is -2.42. The molecule has 0 unspecified atom stereocenters. The van der Waals surface area contributed by atoms with Crippen molar-refractivity contribution in [3.63, 3.8) is 0 Å². The second-order valence-corrected chi connectivity index (χ2v) is 8.26. The van der Waals surface area contributed by atoms with Gasteiger partial charge in [-0.15, -0.1) is 0 Å². The van der Waals surface area contributed by atoms with E-state index in [0.717, 1.165) is 4.90 Å². The first-order chi connectivity index (χ1) is 16.9. The Kier molecular flexibility index (Phi) is 5.74. The van der Waals surface area contributed by atoms with Crippen LogP contribution in [0.5, 0.6) is 23.0 Å². The fraction of sp³-hybridized carbons (Fsp3) is 0.192. The summed E-state index contributed by atoms with van der Waals surface area (Å²) >= 11 is 0. The van der Waals surface area contributed by atoms with Gasteiger partial charge in [0.2, 0.25) is 5.91 Å². The summed E-state index contributed by atoms with van der Waals surface area (Å²) in [6.45, 7) is 1.99. The molecule has 0 saturated carbocycles. The van der Waals surface area contributed by atoms with Crippen LogP contribution in [0.15, 0.2) is 72.8 Å². The lowest BCUT2D eigenvalue weighted by atomic mass is 9.91. The number of anilines is 1. The molecule has 1 atom stereocenters. The SMILES string of the molecule is C[C@@]1(c2ccc3c(c2)OCCO3)NC(=O)N(CC(=O)Nc2ccccc2Oc2ccccc2)C1=O. The van der Waals surface area contributed by atoms with Gasteiger partial charge < -0.3 is 24.8 Å². The van der Waals surface area contributed by atoms with Gasteiger partial charge in [-0.25, -0.2) is 4.79 Å². The van der Waals surface area contributed by atoms with E-state index in [-0.39, 0.29) is 0 Å². The molecule has 9 nitrogen and oxygen atoms in total. The first kappa shape index (κ1) is 22.3. The molecule has 0 bridgehead atoms. The highest BCUT2D eigenvalue weighted by atomic mass is 16.6. The number of urea groups is 1. The van der Waals surface area contributed by atoms with E-state index in [1.807, 2.05) is 18.2 Å². The van der Waals surface area contributed by atoms with E-state index in [0.29, 0.717) is 47.5 Å². The molecule has 1 fully saturated rings. The zero-order valence-electron chi connectivity index (χ0n) is 18.9. The van der Waals surface area contributed by atoms with Crippen LogP contribution in [0.4, 0.5) is 10.5 Å². The van der Waals surface area contributed by atoms with E-state index in [1.165, 1.54) is 0 Å². The van der Waals surface area contributed by atoms with Crippen molar-refractivity contribution in [1.82, 2.24) is 10.2 Å².